The van der Waals surface area contributed by atoms with Gasteiger partial charge in [0.05, 0.1) is 23.4 Å². The molecule has 0 bridgehead atoms. The lowest BCUT2D eigenvalue weighted by Crippen LogP contribution is -2.37. The summed E-state index contributed by atoms with van der Waals surface area (Å²) in [6, 6.07) is 0. The zero-order chi connectivity index (χ0) is 25.9. The fraction of sp³-hybridized carbons (Fsp3) is 0.871. The van der Waals surface area contributed by atoms with Crippen LogP contribution in [0.1, 0.15) is 125 Å². The molecule has 3 fully saturated rings. The van der Waals surface area contributed by atoms with Crippen LogP contribution in [0.25, 0.3) is 0 Å². The van der Waals surface area contributed by atoms with Gasteiger partial charge in [-0.05, 0) is 115 Å². The van der Waals surface area contributed by atoms with Crippen molar-refractivity contribution in [2.45, 2.75) is 148 Å². The van der Waals surface area contributed by atoms with Crippen LogP contribution in [0, 0.1) is 23.2 Å². The minimum Gasteiger partial charge on any atom is -0.393 e. The van der Waals surface area contributed by atoms with Crippen molar-refractivity contribution in [1.29, 1.82) is 0 Å². The van der Waals surface area contributed by atoms with Crippen molar-refractivity contribution in [2.75, 3.05) is 0 Å². The number of fused-ring (bicyclic) bond motifs is 1. The Hall–Kier alpha value is -0.680. The van der Waals surface area contributed by atoms with Crippen LogP contribution in [0.15, 0.2) is 23.3 Å². The first-order valence-electron chi connectivity index (χ1n) is 14.5. The van der Waals surface area contributed by atoms with Crippen molar-refractivity contribution in [3.8, 4) is 0 Å². The second-order valence-corrected chi connectivity index (χ2v) is 13.8. The average Bonchev–Trinajstić information content (AvgIpc) is 3.06. The Morgan fingerprint density at radius 1 is 0.914 bits per heavy atom. The van der Waals surface area contributed by atoms with E-state index in [4.69, 9.17) is 0 Å². The summed E-state index contributed by atoms with van der Waals surface area (Å²) >= 11 is 0. The maximum Gasteiger partial charge on any atom is 0.0602 e. The third kappa shape index (κ3) is 8.42. The first kappa shape index (κ1) is 28.9. The van der Waals surface area contributed by atoms with Gasteiger partial charge >= 0.3 is 0 Å². The molecule has 4 heteroatoms. The highest BCUT2D eigenvalue weighted by molar-refractivity contribution is 5.26. The van der Waals surface area contributed by atoms with Gasteiger partial charge in [0.25, 0.3) is 0 Å². The maximum absolute atomic E-state index is 10.3. The Morgan fingerprint density at radius 2 is 1.49 bits per heavy atom. The molecule has 0 radical (unpaired) electrons. The van der Waals surface area contributed by atoms with E-state index in [9.17, 15) is 20.4 Å². The van der Waals surface area contributed by atoms with Crippen LogP contribution in [0.3, 0.4) is 0 Å². The average molecular weight is 491 g/mol. The summed E-state index contributed by atoms with van der Waals surface area (Å²) in [5, 5.41) is 40.7. The zero-order valence-corrected chi connectivity index (χ0v) is 23.2. The minimum atomic E-state index is -0.603. The van der Waals surface area contributed by atoms with Crippen LogP contribution in [-0.4, -0.2) is 43.8 Å². The molecule has 0 aliphatic heterocycles. The minimum absolute atomic E-state index is 0.322. The van der Waals surface area contributed by atoms with Crippen LogP contribution in [0.2, 0.25) is 0 Å². The summed E-state index contributed by atoms with van der Waals surface area (Å²) in [4.78, 5) is 0. The van der Waals surface area contributed by atoms with Crippen molar-refractivity contribution in [1.82, 2.24) is 0 Å². The summed E-state index contributed by atoms with van der Waals surface area (Å²) in [7, 11) is 0. The first-order valence-corrected chi connectivity index (χ1v) is 14.5. The van der Waals surface area contributed by atoms with Crippen LogP contribution in [0.4, 0.5) is 0 Å². The fourth-order valence-corrected chi connectivity index (χ4v) is 7.72. The molecular weight excluding hydrogens is 436 g/mol. The molecule has 4 N–H and O–H groups in total. The van der Waals surface area contributed by atoms with E-state index >= 15 is 0 Å². The lowest BCUT2D eigenvalue weighted by atomic mass is 9.60. The van der Waals surface area contributed by atoms with Gasteiger partial charge in [0, 0.05) is 0 Å². The van der Waals surface area contributed by atoms with Crippen LogP contribution < -0.4 is 0 Å². The summed E-state index contributed by atoms with van der Waals surface area (Å²) < 4.78 is 0. The molecule has 5 atom stereocenters. The molecule has 3 aliphatic rings. The van der Waals surface area contributed by atoms with Crippen LogP contribution in [0.5, 0.6) is 0 Å². The standard InChI is InChI=1S/C31H54O4/c1-29(2,34)16-6-9-23(10-7-17-30(3,4)35)27-14-15-28-24(11-8-18-31(27,28)5)13-12-22-19-25(32)21-26(33)20-22/h12-13,23,25-28,32-35H,6-11,14-21H2,1-5H3/b24-13+/t25-,26-,27-,28+,31-/m1/s1. The number of rotatable bonds is 10. The van der Waals surface area contributed by atoms with Gasteiger partial charge in [0.1, 0.15) is 0 Å². The second-order valence-electron chi connectivity index (χ2n) is 13.8. The molecule has 0 aromatic carbocycles. The van der Waals surface area contributed by atoms with E-state index < -0.39 is 23.4 Å². The van der Waals surface area contributed by atoms with Gasteiger partial charge in [-0.25, -0.2) is 0 Å². The highest BCUT2D eigenvalue weighted by Gasteiger charge is 2.51. The lowest BCUT2D eigenvalue weighted by molar-refractivity contribution is 0.0479. The summed E-state index contributed by atoms with van der Waals surface area (Å²) in [6.45, 7) is 10.2. The van der Waals surface area contributed by atoms with E-state index in [1.807, 2.05) is 27.7 Å². The van der Waals surface area contributed by atoms with Crippen molar-refractivity contribution in [3.05, 3.63) is 23.3 Å². The largest absolute Gasteiger partial charge is 0.393 e. The lowest BCUT2D eigenvalue weighted by Gasteiger charge is -2.45. The quantitative estimate of drug-likeness (QED) is 0.283. The van der Waals surface area contributed by atoms with Gasteiger partial charge in [-0.15, -0.1) is 0 Å². The summed E-state index contributed by atoms with van der Waals surface area (Å²) in [5.41, 5.74) is 1.88. The summed E-state index contributed by atoms with van der Waals surface area (Å²) in [5.74, 6) is 1.98. The molecule has 0 spiro atoms. The number of allylic oxidation sites excluding steroid dienone is 3. The monoisotopic (exact) mass is 490 g/mol. The normalized spacial score (nSPS) is 33.4. The Labute approximate surface area is 214 Å². The molecule has 0 unspecified atom stereocenters. The number of aliphatic hydroxyl groups is 4. The highest BCUT2D eigenvalue weighted by atomic mass is 16.3. The van der Waals surface area contributed by atoms with Crippen LogP contribution in [-0.2, 0) is 0 Å². The van der Waals surface area contributed by atoms with Gasteiger partial charge in [-0.1, -0.05) is 55.9 Å². The molecule has 3 saturated carbocycles. The van der Waals surface area contributed by atoms with Crippen molar-refractivity contribution in [3.63, 3.8) is 0 Å². The van der Waals surface area contributed by atoms with Crippen LogP contribution >= 0.6 is 0 Å². The highest BCUT2D eigenvalue weighted by Crippen LogP contribution is 2.60. The molecular formula is C31H54O4. The molecule has 3 rings (SSSR count). The number of hydrogen-bond acceptors (Lipinski definition) is 4. The molecule has 0 saturated heterocycles. The van der Waals surface area contributed by atoms with Gasteiger partial charge in [0.2, 0.25) is 0 Å². The third-order valence-corrected chi connectivity index (χ3v) is 9.41. The van der Waals surface area contributed by atoms with Crippen molar-refractivity contribution in [2.24, 2.45) is 23.2 Å². The Kier molecular flexibility index (Phi) is 9.73. The molecule has 35 heavy (non-hydrogen) atoms. The third-order valence-electron chi connectivity index (χ3n) is 9.41. The zero-order valence-electron chi connectivity index (χ0n) is 23.2. The molecule has 3 aliphatic carbocycles. The van der Waals surface area contributed by atoms with E-state index in [0.29, 0.717) is 42.4 Å². The predicted molar refractivity (Wildman–Crippen MR) is 144 cm³/mol. The molecule has 0 aromatic heterocycles. The fourth-order valence-electron chi connectivity index (χ4n) is 7.72. The van der Waals surface area contributed by atoms with Crippen molar-refractivity contribution < 1.29 is 20.4 Å². The topological polar surface area (TPSA) is 80.9 Å². The van der Waals surface area contributed by atoms with E-state index in [1.165, 1.54) is 50.5 Å². The molecule has 0 amide bonds. The summed E-state index contributed by atoms with van der Waals surface area (Å²) in [6.07, 6.45) is 18.0. The van der Waals surface area contributed by atoms with Gasteiger partial charge in [0.15, 0.2) is 0 Å². The SMILES string of the molecule is CC(C)(O)CCCC(CCCC(C)(C)O)[C@H]1CC[C@H]2/C(=C/C=C3C[C@@H](O)C[C@H](O)C3)CCC[C@]12C. The van der Waals surface area contributed by atoms with E-state index in [-0.39, 0.29) is 0 Å². The van der Waals surface area contributed by atoms with Gasteiger partial charge < -0.3 is 20.4 Å². The van der Waals surface area contributed by atoms with Gasteiger partial charge in [-0.2, -0.15) is 0 Å². The van der Waals surface area contributed by atoms with Gasteiger partial charge in [-0.3, -0.25) is 0 Å². The van der Waals surface area contributed by atoms with E-state index in [0.717, 1.165) is 25.7 Å². The number of hydrogen-bond donors (Lipinski definition) is 4. The molecule has 202 valence electrons. The van der Waals surface area contributed by atoms with Crippen molar-refractivity contribution >= 4 is 0 Å². The Balaban J connectivity index is 1.73. The number of aliphatic hydroxyl groups excluding tert-OH is 2. The van der Waals surface area contributed by atoms with E-state index in [1.54, 1.807) is 5.57 Å². The second kappa shape index (κ2) is 11.8. The maximum atomic E-state index is 10.3. The van der Waals surface area contributed by atoms with E-state index in [2.05, 4.69) is 19.1 Å². The Morgan fingerprint density at radius 3 is 2.03 bits per heavy atom. The Bertz CT molecular complexity index is 708. The molecule has 4 nitrogen and oxygen atoms in total. The predicted octanol–water partition coefficient (Wildman–Crippen LogP) is 6.46. The molecule has 0 heterocycles. The molecule has 0 aromatic rings. The first-order chi connectivity index (χ1) is 16.3. The smallest absolute Gasteiger partial charge is 0.0602 e.